The lowest BCUT2D eigenvalue weighted by atomic mass is 10.2. The highest BCUT2D eigenvalue weighted by Crippen LogP contribution is 2.23. The number of ether oxygens (including phenoxy) is 1. The van der Waals surface area contributed by atoms with Crippen molar-refractivity contribution in [2.75, 3.05) is 21.2 Å². The number of benzene rings is 1. The molecule has 136 valence electrons. The molecule has 0 atom stereocenters. The minimum Gasteiger partial charge on any atom is -0.496 e. The fraction of sp³-hybridized carbons (Fsp3) is 0.222. The zero-order chi connectivity index (χ0) is 19.3. The number of aromatic nitrogens is 1. The van der Waals surface area contributed by atoms with E-state index in [0.717, 1.165) is 11.3 Å². The second kappa shape index (κ2) is 8.11. The van der Waals surface area contributed by atoms with Crippen LogP contribution in [0.25, 0.3) is 0 Å². The van der Waals surface area contributed by atoms with Crippen LogP contribution in [0.2, 0.25) is 0 Å². The Kier molecular flexibility index (Phi) is 5.90. The summed E-state index contributed by atoms with van der Waals surface area (Å²) in [5, 5.41) is 2.49. The highest BCUT2D eigenvalue weighted by molar-refractivity contribution is 6.05. The number of guanidine groups is 1. The number of amides is 2. The summed E-state index contributed by atoms with van der Waals surface area (Å²) in [6.45, 7) is 1.88. The summed E-state index contributed by atoms with van der Waals surface area (Å²) in [4.78, 5) is 33.6. The van der Waals surface area contributed by atoms with E-state index >= 15 is 0 Å². The third-order valence-electron chi connectivity index (χ3n) is 3.52. The second-order valence-electron chi connectivity index (χ2n) is 5.74. The van der Waals surface area contributed by atoms with Crippen molar-refractivity contribution in [2.45, 2.75) is 6.92 Å². The van der Waals surface area contributed by atoms with Crippen LogP contribution in [-0.4, -0.2) is 48.9 Å². The quantitative estimate of drug-likeness (QED) is 0.637. The number of nitrogens with one attached hydrogen (secondary N) is 1. The SMILES string of the molecule is COc1ccc(N=C(N)NC(=O)c2ccc(C(=O)N(C)C)nc2)cc1C. The minimum atomic E-state index is -0.465. The molecule has 2 aromatic rings. The van der Waals surface area contributed by atoms with E-state index in [1.54, 1.807) is 39.4 Å². The van der Waals surface area contributed by atoms with Crippen molar-refractivity contribution in [3.05, 3.63) is 53.3 Å². The van der Waals surface area contributed by atoms with E-state index in [1.807, 2.05) is 6.92 Å². The molecule has 0 bridgehead atoms. The fourth-order valence-corrected chi connectivity index (χ4v) is 2.17. The molecule has 0 radical (unpaired) electrons. The van der Waals surface area contributed by atoms with Crippen LogP contribution in [0, 0.1) is 6.92 Å². The largest absolute Gasteiger partial charge is 0.496 e. The number of pyridine rings is 1. The van der Waals surface area contributed by atoms with Gasteiger partial charge in [0.15, 0.2) is 0 Å². The lowest BCUT2D eigenvalue weighted by Gasteiger charge is -2.10. The molecule has 3 N–H and O–H groups in total. The van der Waals surface area contributed by atoms with E-state index in [9.17, 15) is 9.59 Å². The number of rotatable bonds is 4. The number of nitrogens with zero attached hydrogens (tertiary/aromatic N) is 3. The molecule has 0 fully saturated rings. The molecule has 0 spiro atoms. The highest BCUT2D eigenvalue weighted by Gasteiger charge is 2.12. The predicted molar refractivity (Wildman–Crippen MR) is 98.7 cm³/mol. The second-order valence-corrected chi connectivity index (χ2v) is 5.74. The van der Waals surface area contributed by atoms with Crippen LogP contribution < -0.4 is 15.8 Å². The molecule has 2 rings (SSSR count). The molecule has 0 aliphatic rings. The van der Waals surface area contributed by atoms with Crippen molar-refractivity contribution in [3.8, 4) is 5.75 Å². The first-order valence-corrected chi connectivity index (χ1v) is 7.79. The summed E-state index contributed by atoms with van der Waals surface area (Å²) in [7, 11) is 4.84. The van der Waals surface area contributed by atoms with Gasteiger partial charge in [0.1, 0.15) is 11.4 Å². The normalized spacial score (nSPS) is 11.0. The lowest BCUT2D eigenvalue weighted by Crippen LogP contribution is -2.36. The summed E-state index contributed by atoms with van der Waals surface area (Å²) < 4.78 is 5.19. The Balaban J connectivity index is 2.08. The van der Waals surface area contributed by atoms with Crippen LogP contribution >= 0.6 is 0 Å². The Labute approximate surface area is 151 Å². The Morgan fingerprint density at radius 1 is 1.23 bits per heavy atom. The minimum absolute atomic E-state index is 0.0481. The molecule has 1 aromatic heterocycles. The molecule has 1 heterocycles. The molecule has 8 heteroatoms. The summed E-state index contributed by atoms with van der Waals surface area (Å²) in [6.07, 6.45) is 1.32. The van der Waals surface area contributed by atoms with Crippen LogP contribution in [0.1, 0.15) is 26.4 Å². The van der Waals surface area contributed by atoms with E-state index in [2.05, 4.69) is 15.3 Å². The van der Waals surface area contributed by atoms with Gasteiger partial charge < -0.3 is 15.4 Å². The zero-order valence-corrected chi connectivity index (χ0v) is 15.1. The van der Waals surface area contributed by atoms with Crippen LogP contribution in [0.5, 0.6) is 5.75 Å². The number of hydrogen-bond acceptors (Lipinski definition) is 5. The summed E-state index contributed by atoms with van der Waals surface area (Å²) >= 11 is 0. The summed E-state index contributed by atoms with van der Waals surface area (Å²) in [5.74, 6) is -0.0150. The molecule has 26 heavy (non-hydrogen) atoms. The van der Waals surface area contributed by atoms with Gasteiger partial charge in [-0.2, -0.15) is 0 Å². The van der Waals surface area contributed by atoms with E-state index in [1.165, 1.54) is 23.2 Å². The van der Waals surface area contributed by atoms with Gasteiger partial charge in [0.05, 0.1) is 18.4 Å². The number of nitrogens with two attached hydrogens (primary N) is 1. The topological polar surface area (TPSA) is 110 Å². The Morgan fingerprint density at radius 3 is 2.50 bits per heavy atom. The fourth-order valence-electron chi connectivity index (χ4n) is 2.17. The third kappa shape index (κ3) is 4.56. The van der Waals surface area contributed by atoms with Gasteiger partial charge in [-0.25, -0.2) is 4.99 Å². The predicted octanol–water partition coefficient (Wildman–Crippen LogP) is 1.48. The van der Waals surface area contributed by atoms with Gasteiger partial charge in [0.2, 0.25) is 5.96 Å². The first kappa shape index (κ1) is 18.9. The Bertz CT molecular complexity index is 844. The highest BCUT2D eigenvalue weighted by atomic mass is 16.5. The van der Waals surface area contributed by atoms with Crippen LogP contribution in [0.15, 0.2) is 41.5 Å². The lowest BCUT2D eigenvalue weighted by molar-refractivity contribution is 0.0821. The van der Waals surface area contributed by atoms with E-state index < -0.39 is 5.91 Å². The van der Waals surface area contributed by atoms with Crippen molar-refractivity contribution in [2.24, 2.45) is 10.7 Å². The Morgan fingerprint density at radius 2 is 1.96 bits per heavy atom. The van der Waals surface area contributed by atoms with Crippen molar-refractivity contribution in [3.63, 3.8) is 0 Å². The first-order chi connectivity index (χ1) is 12.3. The molecule has 0 saturated carbocycles. The molecule has 0 aliphatic carbocycles. The standard InChI is InChI=1S/C18H21N5O3/c1-11-9-13(6-8-15(11)26-4)21-18(19)22-16(24)12-5-7-14(20-10-12)17(25)23(2)3/h5-10H,1-4H3,(H3,19,21,22,24). The monoisotopic (exact) mass is 355 g/mol. The van der Waals surface area contributed by atoms with Gasteiger partial charge >= 0.3 is 0 Å². The van der Waals surface area contributed by atoms with Crippen molar-refractivity contribution in [1.29, 1.82) is 0 Å². The van der Waals surface area contributed by atoms with Crippen molar-refractivity contribution >= 4 is 23.5 Å². The van der Waals surface area contributed by atoms with E-state index in [-0.39, 0.29) is 23.1 Å². The third-order valence-corrected chi connectivity index (χ3v) is 3.52. The number of aliphatic imine (C=N–C) groups is 1. The van der Waals surface area contributed by atoms with Gasteiger partial charge in [-0.1, -0.05) is 0 Å². The van der Waals surface area contributed by atoms with Gasteiger partial charge in [-0.15, -0.1) is 0 Å². The molecular weight excluding hydrogens is 334 g/mol. The average molecular weight is 355 g/mol. The van der Waals surface area contributed by atoms with Crippen molar-refractivity contribution in [1.82, 2.24) is 15.2 Å². The van der Waals surface area contributed by atoms with Crippen LogP contribution in [-0.2, 0) is 0 Å². The molecule has 2 amide bonds. The maximum absolute atomic E-state index is 12.2. The van der Waals surface area contributed by atoms with Crippen LogP contribution in [0.3, 0.4) is 0 Å². The first-order valence-electron chi connectivity index (χ1n) is 7.79. The van der Waals surface area contributed by atoms with Crippen molar-refractivity contribution < 1.29 is 14.3 Å². The number of aryl methyl sites for hydroxylation is 1. The molecule has 0 saturated heterocycles. The Hall–Kier alpha value is -3.42. The molecule has 0 unspecified atom stereocenters. The van der Waals surface area contributed by atoms with Gasteiger partial charge in [0, 0.05) is 20.3 Å². The number of carbonyl (C=O) groups is 2. The van der Waals surface area contributed by atoms with Gasteiger partial charge in [-0.3, -0.25) is 19.9 Å². The average Bonchev–Trinajstić information content (AvgIpc) is 2.61. The molecule has 1 aromatic carbocycles. The van der Waals surface area contributed by atoms with Gasteiger partial charge in [-0.05, 0) is 42.8 Å². The number of carbonyl (C=O) groups excluding carboxylic acids is 2. The molecule has 0 aliphatic heterocycles. The van der Waals surface area contributed by atoms with Crippen LogP contribution in [0.4, 0.5) is 5.69 Å². The summed E-state index contributed by atoms with van der Waals surface area (Å²) in [6, 6.07) is 8.28. The van der Waals surface area contributed by atoms with E-state index in [0.29, 0.717) is 5.69 Å². The number of hydrogen-bond donors (Lipinski definition) is 2. The zero-order valence-electron chi connectivity index (χ0n) is 15.1. The smallest absolute Gasteiger partial charge is 0.271 e. The maximum atomic E-state index is 12.2. The molecular formula is C18H21N5O3. The summed E-state index contributed by atoms with van der Waals surface area (Å²) in [5.41, 5.74) is 7.80. The number of methoxy groups -OCH3 is 1. The van der Waals surface area contributed by atoms with E-state index in [4.69, 9.17) is 10.5 Å². The van der Waals surface area contributed by atoms with Gasteiger partial charge in [0.25, 0.3) is 11.8 Å². The maximum Gasteiger partial charge on any atom is 0.271 e. The molecule has 8 nitrogen and oxygen atoms in total.